The van der Waals surface area contributed by atoms with E-state index in [0.717, 1.165) is 10.4 Å². The highest BCUT2D eigenvalue weighted by Crippen LogP contribution is 2.31. The van der Waals surface area contributed by atoms with Gasteiger partial charge >= 0.3 is 6.18 Å². The van der Waals surface area contributed by atoms with Crippen molar-refractivity contribution in [3.05, 3.63) is 35.6 Å². The molecule has 0 radical (unpaired) electrons. The Kier molecular flexibility index (Phi) is 5.36. The molecule has 2 unspecified atom stereocenters. The van der Waals surface area contributed by atoms with Gasteiger partial charge in [-0.1, -0.05) is 18.2 Å². The number of alkyl halides is 3. The van der Waals surface area contributed by atoms with E-state index >= 15 is 0 Å². The normalized spacial score (nSPS) is 26.0. The molecule has 10 heteroatoms. The summed E-state index contributed by atoms with van der Waals surface area (Å²) < 4.78 is 71.1. The number of rotatable bonds is 2. The van der Waals surface area contributed by atoms with Crippen molar-refractivity contribution in [2.45, 2.75) is 30.8 Å². The Labute approximate surface area is 137 Å². The second-order valence-corrected chi connectivity index (χ2v) is 7.49. The lowest BCUT2D eigenvalue weighted by Gasteiger charge is -2.26. The van der Waals surface area contributed by atoms with Crippen molar-refractivity contribution >= 4 is 15.9 Å². The molecule has 0 saturated heterocycles. The van der Waals surface area contributed by atoms with Gasteiger partial charge in [-0.3, -0.25) is 9.30 Å². The Morgan fingerprint density at radius 2 is 2.12 bits per heavy atom. The Hall–Kier alpha value is -1.84. The number of hydrogen-bond donors (Lipinski definition) is 1. The van der Waals surface area contributed by atoms with Gasteiger partial charge in [-0.2, -0.15) is 13.2 Å². The van der Waals surface area contributed by atoms with Crippen LogP contribution in [0, 0.1) is 5.82 Å². The van der Waals surface area contributed by atoms with E-state index < -0.39 is 33.7 Å². The summed E-state index contributed by atoms with van der Waals surface area (Å²) in [6, 6.07) is 3.39. The van der Waals surface area contributed by atoms with Gasteiger partial charge in [-0.25, -0.2) is 13.0 Å². The van der Waals surface area contributed by atoms with Crippen molar-refractivity contribution in [3.63, 3.8) is 0 Å². The van der Waals surface area contributed by atoms with Crippen LogP contribution in [0.5, 0.6) is 0 Å². The molecule has 1 aromatic rings. The lowest BCUT2D eigenvalue weighted by molar-refractivity contribution is -0.147. The van der Waals surface area contributed by atoms with Crippen LogP contribution in [0.25, 0.3) is 0 Å². The average Bonchev–Trinajstić information content (AvgIpc) is 2.68. The van der Waals surface area contributed by atoms with Crippen LogP contribution in [-0.4, -0.2) is 40.3 Å². The molecular formula is C14H18F4N4OS. The maximum absolute atomic E-state index is 13.9. The minimum atomic E-state index is -4.62. The topological polar surface area (TPSA) is 71.0 Å². The second kappa shape index (κ2) is 6.96. The molecule has 2 N–H and O–H groups in total. The van der Waals surface area contributed by atoms with E-state index in [2.05, 4.69) is 9.36 Å². The molecular weight excluding hydrogens is 348 g/mol. The molecule has 0 amide bonds. The van der Waals surface area contributed by atoms with Gasteiger partial charge in [0.1, 0.15) is 15.7 Å². The van der Waals surface area contributed by atoms with Gasteiger partial charge in [0, 0.05) is 19.2 Å². The maximum atomic E-state index is 13.9. The third-order valence-electron chi connectivity index (χ3n) is 3.64. The van der Waals surface area contributed by atoms with E-state index in [1.165, 1.54) is 25.2 Å². The number of aliphatic imine (C=N–C) groups is 1. The molecule has 24 heavy (non-hydrogen) atoms. The molecule has 0 spiro atoms. The van der Waals surface area contributed by atoms with Gasteiger partial charge < -0.3 is 5.73 Å². The number of nitrogens with two attached hydrogens (primary N) is 1. The number of halogens is 4. The summed E-state index contributed by atoms with van der Waals surface area (Å²) in [7, 11) is -2.31. The summed E-state index contributed by atoms with van der Waals surface area (Å²) in [6.45, 7) is 0.00649. The summed E-state index contributed by atoms with van der Waals surface area (Å²) >= 11 is 0. The number of nitrogens with zero attached hydrogens (tertiary/aromatic N) is 3. The Balaban J connectivity index is 2.56. The third kappa shape index (κ3) is 3.97. The minimum absolute atomic E-state index is 0.00649. The molecule has 1 aromatic carbocycles. The zero-order valence-electron chi connectivity index (χ0n) is 13.0. The van der Waals surface area contributed by atoms with Crippen molar-refractivity contribution in [2.24, 2.45) is 15.1 Å². The summed E-state index contributed by atoms with van der Waals surface area (Å²) in [6.07, 6.45) is -4.82. The summed E-state index contributed by atoms with van der Waals surface area (Å²) in [5.41, 5.74) is 5.72. The standard InChI is InChI=1S/C14H18F4N4OS/c1-20-13(19)22-8-4-7-12(14(16,17)18)21-24(22,23)9-10-5-2-3-6-11(10)15/h2-3,5-6,12H,4,7-9H2,1H3,(H2,19,20). The van der Waals surface area contributed by atoms with Gasteiger partial charge in [0.15, 0.2) is 6.04 Å². The zero-order chi connectivity index (χ0) is 18.0. The largest absolute Gasteiger partial charge is 0.411 e. The highest BCUT2D eigenvalue weighted by molar-refractivity contribution is 7.91. The quantitative estimate of drug-likeness (QED) is 0.497. The van der Waals surface area contributed by atoms with Gasteiger partial charge in [0.05, 0.1) is 5.75 Å². The molecule has 2 atom stereocenters. The van der Waals surface area contributed by atoms with Crippen molar-refractivity contribution in [1.29, 1.82) is 0 Å². The average molecular weight is 366 g/mol. The minimum Gasteiger partial charge on any atom is -0.369 e. The zero-order valence-corrected chi connectivity index (χ0v) is 13.8. The molecule has 2 rings (SSSR count). The predicted octanol–water partition coefficient (Wildman–Crippen LogP) is 2.68. The smallest absolute Gasteiger partial charge is 0.369 e. The van der Waals surface area contributed by atoms with Crippen LogP contribution in [0.3, 0.4) is 0 Å². The first-order chi connectivity index (χ1) is 11.2. The molecule has 0 aliphatic carbocycles. The molecule has 0 saturated carbocycles. The molecule has 0 aromatic heterocycles. The van der Waals surface area contributed by atoms with E-state index in [-0.39, 0.29) is 30.9 Å². The second-order valence-electron chi connectivity index (χ2n) is 5.33. The fourth-order valence-electron chi connectivity index (χ4n) is 2.41. The molecule has 1 aliphatic rings. The fraction of sp³-hybridized carbons (Fsp3) is 0.500. The Bertz CT molecular complexity index is 741. The first kappa shape index (κ1) is 18.5. The van der Waals surface area contributed by atoms with E-state index in [0.29, 0.717) is 0 Å². The van der Waals surface area contributed by atoms with Crippen LogP contribution >= 0.6 is 0 Å². The number of benzene rings is 1. The lowest BCUT2D eigenvalue weighted by Crippen LogP contribution is -2.42. The fourth-order valence-corrected chi connectivity index (χ4v) is 4.80. The molecule has 0 fully saturated rings. The first-order valence-corrected chi connectivity index (χ1v) is 8.85. The number of hydrogen-bond acceptors (Lipinski definition) is 3. The van der Waals surface area contributed by atoms with Gasteiger partial charge in [-0.05, 0) is 18.9 Å². The SMILES string of the molecule is C/N=C(/N)N1CCCC(C(F)(F)F)N=S1(=O)Cc1ccccc1F. The van der Waals surface area contributed by atoms with E-state index in [4.69, 9.17) is 5.73 Å². The number of guanidine groups is 1. The van der Waals surface area contributed by atoms with Gasteiger partial charge in [-0.15, -0.1) is 0 Å². The monoisotopic (exact) mass is 366 g/mol. The summed E-state index contributed by atoms with van der Waals surface area (Å²) in [5, 5.41) is 0. The summed E-state index contributed by atoms with van der Waals surface area (Å²) in [4.78, 5) is 3.71. The highest BCUT2D eigenvalue weighted by atomic mass is 32.2. The van der Waals surface area contributed by atoms with Crippen LogP contribution in [0.2, 0.25) is 0 Å². The van der Waals surface area contributed by atoms with Crippen LogP contribution < -0.4 is 5.73 Å². The van der Waals surface area contributed by atoms with Gasteiger partial charge in [0.2, 0.25) is 5.96 Å². The molecule has 5 nitrogen and oxygen atoms in total. The van der Waals surface area contributed by atoms with Crippen molar-refractivity contribution in [3.8, 4) is 0 Å². The maximum Gasteiger partial charge on any atom is 0.411 e. The highest BCUT2D eigenvalue weighted by Gasteiger charge is 2.43. The molecule has 0 bridgehead atoms. The van der Waals surface area contributed by atoms with Crippen LogP contribution in [0.15, 0.2) is 33.6 Å². The first-order valence-electron chi connectivity index (χ1n) is 7.21. The Morgan fingerprint density at radius 1 is 1.46 bits per heavy atom. The summed E-state index contributed by atoms with van der Waals surface area (Å²) in [5.74, 6) is -1.33. The van der Waals surface area contributed by atoms with Crippen LogP contribution in [0.4, 0.5) is 17.6 Å². The molecule has 1 heterocycles. The third-order valence-corrected chi connectivity index (χ3v) is 5.97. The van der Waals surface area contributed by atoms with Gasteiger partial charge in [0.25, 0.3) is 0 Å². The van der Waals surface area contributed by atoms with Crippen LogP contribution in [0.1, 0.15) is 18.4 Å². The lowest BCUT2D eigenvalue weighted by atomic mass is 10.1. The van der Waals surface area contributed by atoms with E-state index in [1.807, 2.05) is 0 Å². The van der Waals surface area contributed by atoms with E-state index in [1.54, 1.807) is 0 Å². The Morgan fingerprint density at radius 3 is 2.71 bits per heavy atom. The van der Waals surface area contributed by atoms with Crippen molar-refractivity contribution in [2.75, 3.05) is 13.6 Å². The van der Waals surface area contributed by atoms with Crippen LogP contribution in [-0.2, 0) is 15.7 Å². The predicted molar refractivity (Wildman–Crippen MR) is 84.0 cm³/mol. The van der Waals surface area contributed by atoms with Crippen molar-refractivity contribution in [1.82, 2.24) is 4.31 Å². The molecule has 134 valence electrons. The van der Waals surface area contributed by atoms with Crippen molar-refractivity contribution < 1.29 is 21.8 Å². The van der Waals surface area contributed by atoms with E-state index in [9.17, 15) is 21.8 Å². The molecule has 1 aliphatic heterocycles.